The molecular weight excluding hydrogens is 337 g/mol. The van der Waals surface area contributed by atoms with Crippen LogP contribution in [0.4, 0.5) is 10.2 Å². The monoisotopic (exact) mass is 359 g/mol. The van der Waals surface area contributed by atoms with Crippen molar-refractivity contribution in [1.82, 2.24) is 10.3 Å². The topological polar surface area (TPSA) is 63.7 Å². The van der Waals surface area contributed by atoms with Crippen LogP contribution in [-0.2, 0) is 4.74 Å². The van der Waals surface area contributed by atoms with E-state index in [0.29, 0.717) is 36.8 Å². The number of ether oxygens (including phenoxy) is 2. The van der Waals surface area contributed by atoms with E-state index in [2.05, 4.69) is 10.3 Å². The number of carbonyl (C=O) groups is 1. The second kappa shape index (κ2) is 8.14. The Morgan fingerprint density at radius 3 is 2.96 bits per heavy atom. The number of rotatable bonds is 5. The SMILES string of the molecule is CN(C)c1ncccc1C(=O)N[C@@H]1CCOC[C@H]1Oc1cccc(F)c1. The first kappa shape index (κ1) is 18.1. The van der Waals surface area contributed by atoms with E-state index in [4.69, 9.17) is 9.47 Å². The van der Waals surface area contributed by atoms with Crippen molar-refractivity contribution in [3.8, 4) is 5.75 Å². The van der Waals surface area contributed by atoms with Crippen LogP contribution in [-0.4, -0.2) is 50.3 Å². The fourth-order valence-electron chi connectivity index (χ4n) is 2.88. The van der Waals surface area contributed by atoms with Gasteiger partial charge in [0.05, 0.1) is 18.2 Å². The van der Waals surface area contributed by atoms with Gasteiger partial charge < -0.3 is 19.7 Å². The Balaban J connectivity index is 1.73. The minimum absolute atomic E-state index is 0.221. The summed E-state index contributed by atoms with van der Waals surface area (Å²) in [6.07, 6.45) is 1.87. The highest BCUT2D eigenvalue weighted by molar-refractivity contribution is 5.99. The van der Waals surface area contributed by atoms with Gasteiger partial charge in [-0.25, -0.2) is 9.37 Å². The summed E-state index contributed by atoms with van der Waals surface area (Å²) in [5, 5.41) is 3.01. The Hall–Kier alpha value is -2.67. The van der Waals surface area contributed by atoms with Crippen LogP contribution in [0.25, 0.3) is 0 Å². The van der Waals surface area contributed by atoms with Crippen molar-refractivity contribution in [3.63, 3.8) is 0 Å². The van der Waals surface area contributed by atoms with Crippen LogP contribution >= 0.6 is 0 Å². The first-order chi connectivity index (χ1) is 12.5. The van der Waals surface area contributed by atoms with E-state index in [-0.39, 0.29) is 17.8 Å². The Labute approximate surface area is 151 Å². The average Bonchev–Trinajstić information content (AvgIpc) is 2.63. The van der Waals surface area contributed by atoms with E-state index >= 15 is 0 Å². The number of pyridine rings is 1. The number of aromatic nitrogens is 1. The number of carbonyl (C=O) groups excluding carboxylic acids is 1. The van der Waals surface area contributed by atoms with Crippen molar-refractivity contribution < 1.29 is 18.7 Å². The van der Waals surface area contributed by atoms with Crippen LogP contribution in [0, 0.1) is 5.82 Å². The zero-order valence-electron chi connectivity index (χ0n) is 14.8. The molecule has 0 bridgehead atoms. The molecule has 1 fully saturated rings. The van der Waals surface area contributed by atoms with Crippen LogP contribution < -0.4 is 15.0 Å². The maximum atomic E-state index is 13.4. The minimum Gasteiger partial charge on any atom is -0.486 e. The Morgan fingerprint density at radius 2 is 2.19 bits per heavy atom. The van der Waals surface area contributed by atoms with E-state index in [0.717, 1.165) is 0 Å². The normalized spacial score (nSPS) is 19.7. The molecular formula is C19H22FN3O3. The molecule has 2 atom stereocenters. The molecule has 26 heavy (non-hydrogen) atoms. The van der Waals surface area contributed by atoms with Gasteiger partial charge in [0, 0.05) is 33.0 Å². The van der Waals surface area contributed by atoms with Crippen LogP contribution in [0.1, 0.15) is 16.8 Å². The lowest BCUT2D eigenvalue weighted by Gasteiger charge is -2.32. The molecule has 0 saturated carbocycles. The first-order valence-corrected chi connectivity index (χ1v) is 8.48. The predicted octanol–water partition coefficient (Wildman–Crippen LogP) is 2.25. The molecule has 1 aliphatic heterocycles. The van der Waals surface area contributed by atoms with Crippen LogP contribution in [0.5, 0.6) is 5.75 Å². The molecule has 2 heterocycles. The van der Waals surface area contributed by atoms with Gasteiger partial charge in [0.25, 0.3) is 5.91 Å². The largest absolute Gasteiger partial charge is 0.486 e. The summed E-state index contributed by atoms with van der Waals surface area (Å²) in [5.74, 6) is 0.419. The van der Waals surface area contributed by atoms with E-state index in [1.165, 1.54) is 12.1 Å². The van der Waals surface area contributed by atoms with Gasteiger partial charge in [0.1, 0.15) is 23.5 Å². The molecule has 0 radical (unpaired) electrons. The van der Waals surface area contributed by atoms with Gasteiger partial charge in [0.2, 0.25) is 0 Å². The van der Waals surface area contributed by atoms with Crippen molar-refractivity contribution in [2.24, 2.45) is 0 Å². The maximum Gasteiger partial charge on any atom is 0.255 e. The van der Waals surface area contributed by atoms with Crippen molar-refractivity contribution >= 4 is 11.7 Å². The van der Waals surface area contributed by atoms with E-state index in [1.807, 2.05) is 14.1 Å². The van der Waals surface area contributed by atoms with Gasteiger partial charge >= 0.3 is 0 Å². The Morgan fingerprint density at radius 1 is 1.35 bits per heavy atom. The number of nitrogens with one attached hydrogen (secondary N) is 1. The highest BCUT2D eigenvalue weighted by atomic mass is 19.1. The first-order valence-electron chi connectivity index (χ1n) is 8.48. The van der Waals surface area contributed by atoms with Gasteiger partial charge in [-0.15, -0.1) is 0 Å². The van der Waals surface area contributed by atoms with Gasteiger partial charge in [0.15, 0.2) is 0 Å². The Bertz CT molecular complexity index is 769. The zero-order valence-corrected chi connectivity index (χ0v) is 14.8. The third-order valence-corrected chi connectivity index (χ3v) is 4.16. The average molecular weight is 359 g/mol. The molecule has 1 N–H and O–H groups in total. The van der Waals surface area contributed by atoms with E-state index < -0.39 is 6.10 Å². The molecule has 1 aliphatic rings. The molecule has 0 aliphatic carbocycles. The number of anilines is 1. The number of hydrogen-bond acceptors (Lipinski definition) is 5. The molecule has 1 amide bonds. The summed E-state index contributed by atoms with van der Waals surface area (Å²) in [7, 11) is 3.67. The molecule has 3 rings (SSSR count). The van der Waals surface area contributed by atoms with Crippen LogP contribution in [0.15, 0.2) is 42.6 Å². The molecule has 6 nitrogen and oxygen atoms in total. The zero-order chi connectivity index (χ0) is 18.5. The Kier molecular flexibility index (Phi) is 5.68. The third-order valence-electron chi connectivity index (χ3n) is 4.16. The highest BCUT2D eigenvalue weighted by Crippen LogP contribution is 2.20. The lowest BCUT2D eigenvalue weighted by Crippen LogP contribution is -2.51. The van der Waals surface area contributed by atoms with Gasteiger partial charge in [-0.1, -0.05) is 6.07 Å². The van der Waals surface area contributed by atoms with Crippen molar-refractivity contribution in [3.05, 3.63) is 54.0 Å². The number of benzene rings is 1. The second-order valence-corrected chi connectivity index (χ2v) is 6.33. The van der Waals surface area contributed by atoms with E-state index in [9.17, 15) is 9.18 Å². The molecule has 138 valence electrons. The molecule has 0 unspecified atom stereocenters. The fourth-order valence-corrected chi connectivity index (χ4v) is 2.88. The van der Waals surface area contributed by atoms with Crippen molar-refractivity contribution in [2.75, 3.05) is 32.2 Å². The molecule has 1 aromatic carbocycles. The number of hydrogen-bond donors (Lipinski definition) is 1. The summed E-state index contributed by atoms with van der Waals surface area (Å²) in [4.78, 5) is 18.8. The summed E-state index contributed by atoms with van der Waals surface area (Å²) < 4.78 is 24.7. The molecule has 0 spiro atoms. The number of amides is 1. The summed E-state index contributed by atoms with van der Waals surface area (Å²) in [6.45, 7) is 0.858. The molecule has 1 saturated heterocycles. The minimum atomic E-state index is -0.394. The number of nitrogens with zero attached hydrogens (tertiary/aromatic N) is 2. The maximum absolute atomic E-state index is 13.4. The standard InChI is InChI=1S/C19H22FN3O3/c1-23(2)18-15(7-4-9-21-18)19(24)22-16-8-10-25-12-17(16)26-14-6-3-5-13(20)11-14/h3-7,9,11,16-17H,8,10,12H2,1-2H3,(H,22,24)/t16-,17-/m1/s1. The summed E-state index contributed by atoms with van der Waals surface area (Å²) in [5.41, 5.74) is 0.494. The fraction of sp³-hybridized carbons (Fsp3) is 0.368. The third kappa shape index (κ3) is 4.29. The lowest BCUT2D eigenvalue weighted by atomic mass is 10.0. The lowest BCUT2D eigenvalue weighted by molar-refractivity contribution is -0.0136. The van der Waals surface area contributed by atoms with Gasteiger partial charge in [-0.05, 0) is 30.7 Å². The summed E-state index contributed by atoms with van der Waals surface area (Å²) in [6, 6.07) is 9.16. The van der Waals surface area contributed by atoms with Crippen LogP contribution in [0.2, 0.25) is 0 Å². The number of halogens is 1. The highest BCUT2D eigenvalue weighted by Gasteiger charge is 2.30. The van der Waals surface area contributed by atoms with Crippen molar-refractivity contribution in [2.45, 2.75) is 18.6 Å². The van der Waals surface area contributed by atoms with Gasteiger partial charge in [-0.2, -0.15) is 0 Å². The predicted molar refractivity (Wildman–Crippen MR) is 96.1 cm³/mol. The molecule has 2 aromatic rings. The molecule has 7 heteroatoms. The smallest absolute Gasteiger partial charge is 0.255 e. The van der Waals surface area contributed by atoms with E-state index in [1.54, 1.807) is 35.4 Å². The second-order valence-electron chi connectivity index (χ2n) is 6.33. The van der Waals surface area contributed by atoms with Crippen molar-refractivity contribution in [1.29, 1.82) is 0 Å². The molecule has 1 aromatic heterocycles. The quantitative estimate of drug-likeness (QED) is 0.887. The van der Waals surface area contributed by atoms with Crippen LogP contribution in [0.3, 0.4) is 0 Å². The van der Waals surface area contributed by atoms with Gasteiger partial charge in [-0.3, -0.25) is 4.79 Å². The summed E-state index contributed by atoms with van der Waals surface area (Å²) >= 11 is 0.